The van der Waals surface area contributed by atoms with E-state index in [9.17, 15) is 9.18 Å². The summed E-state index contributed by atoms with van der Waals surface area (Å²) in [5, 5.41) is 2.86. The number of carbonyl (C=O) groups is 1. The maximum absolute atomic E-state index is 13.8. The molecule has 3 rings (SSSR count). The zero-order chi connectivity index (χ0) is 18.5. The molecule has 0 bridgehead atoms. The first-order valence-corrected chi connectivity index (χ1v) is 8.39. The molecule has 1 heterocycles. The largest absolute Gasteiger partial charge is 0.451 e. The molecule has 1 aromatic heterocycles. The number of rotatable bonds is 6. The van der Waals surface area contributed by atoms with E-state index >= 15 is 0 Å². The van der Waals surface area contributed by atoms with Gasteiger partial charge >= 0.3 is 0 Å². The van der Waals surface area contributed by atoms with Gasteiger partial charge in [0.25, 0.3) is 5.91 Å². The normalized spacial score (nSPS) is 10.9. The summed E-state index contributed by atoms with van der Waals surface area (Å²) >= 11 is 0. The van der Waals surface area contributed by atoms with Crippen LogP contribution in [0.15, 0.2) is 65.1 Å². The molecule has 0 aliphatic carbocycles. The highest BCUT2D eigenvalue weighted by atomic mass is 19.1. The number of hydrogen-bond donors (Lipinski definition) is 1. The lowest BCUT2D eigenvalue weighted by Gasteiger charge is -2.14. The number of furan rings is 1. The van der Waals surface area contributed by atoms with Gasteiger partial charge in [0.15, 0.2) is 5.76 Å². The van der Waals surface area contributed by atoms with Crippen molar-refractivity contribution in [1.29, 1.82) is 0 Å². The third-order valence-corrected chi connectivity index (χ3v) is 4.01. The van der Waals surface area contributed by atoms with Gasteiger partial charge in [-0.25, -0.2) is 4.39 Å². The number of carbonyl (C=O) groups excluding carboxylic acids is 1. The standard InChI is InChI=1S/C21H21FN2O2/c1-24(2)14-16-8-4-3-7-15(16)13-23-21(25)20-12-11-19(26-20)17-9-5-6-10-18(17)22/h3-12H,13-14H2,1-2H3,(H,23,25). The Bertz CT molecular complexity index is 902. The van der Waals surface area contributed by atoms with E-state index in [1.54, 1.807) is 30.3 Å². The molecule has 1 amide bonds. The van der Waals surface area contributed by atoms with Crippen molar-refractivity contribution in [3.05, 3.63) is 83.4 Å². The highest BCUT2D eigenvalue weighted by Gasteiger charge is 2.14. The van der Waals surface area contributed by atoms with E-state index in [0.717, 1.165) is 17.7 Å². The lowest BCUT2D eigenvalue weighted by atomic mass is 10.1. The van der Waals surface area contributed by atoms with Gasteiger partial charge in [0.2, 0.25) is 0 Å². The van der Waals surface area contributed by atoms with E-state index in [1.807, 2.05) is 38.4 Å². The lowest BCUT2D eigenvalue weighted by molar-refractivity contribution is 0.0924. The van der Waals surface area contributed by atoms with Gasteiger partial charge in [0.05, 0.1) is 5.56 Å². The minimum atomic E-state index is -0.383. The van der Waals surface area contributed by atoms with Crippen molar-refractivity contribution in [2.75, 3.05) is 14.1 Å². The molecule has 0 saturated heterocycles. The summed E-state index contributed by atoms with van der Waals surface area (Å²) in [6.45, 7) is 1.20. The number of nitrogens with zero attached hydrogens (tertiary/aromatic N) is 1. The minimum absolute atomic E-state index is 0.161. The molecule has 1 N–H and O–H groups in total. The molecule has 26 heavy (non-hydrogen) atoms. The molecule has 4 nitrogen and oxygen atoms in total. The molecule has 0 fully saturated rings. The Kier molecular flexibility index (Phi) is 5.49. The van der Waals surface area contributed by atoms with Crippen molar-refractivity contribution in [3.8, 4) is 11.3 Å². The Morgan fingerprint density at radius 3 is 2.42 bits per heavy atom. The number of benzene rings is 2. The highest BCUT2D eigenvalue weighted by molar-refractivity contribution is 5.92. The Morgan fingerprint density at radius 2 is 1.69 bits per heavy atom. The summed E-state index contributed by atoms with van der Waals surface area (Å²) in [6.07, 6.45) is 0. The lowest BCUT2D eigenvalue weighted by Crippen LogP contribution is -2.23. The highest BCUT2D eigenvalue weighted by Crippen LogP contribution is 2.24. The van der Waals surface area contributed by atoms with Crippen LogP contribution in [0.1, 0.15) is 21.7 Å². The zero-order valence-electron chi connectivity index (χ0n) is 14.8. The van der Waals surface area contributed by atoms with E-state index in [4.69, 9.17) is 4.42 Å². The van der Waals surface area contributed by atoms with Crippen molar-refractivity contribution in [3.63, 3.8) is 0 Å². The van der Waals surface area contributed by atoms with Gasteiger partial charge in [0, 0.05) is 13.1 Å². The van der Waals surface area contributed by atoms with Gasteiger partial charge in [-0.1, -0.05) is 36.4 Å². The van der Waals surface area contributed by atoms with Crippen LogP contribution in [0, 0.1) is 5.82 Å². The predicted molar refractivity (Wildman–Crippen MR) is 99.1 cm³/mol. The molecular weight excluding hydrogens is 331 g/mol. The Labute approximate surface area is 152 Å². The van der Waals surface area contributed by atoms with Crippen LogP contribution in [0.25, 0.3) is 11.3 Å². The molecule has 0 unspecified atom stereocenters. The molecule has 0 aliphatic rings. The maximum atomic E-state index is 13.8. The Balaban J connectivity index is 1.69. The number of hydrogen-bond acceptors (Lipinski definition) is 3. The summed E-state index contributed by atoms with van der Waals surface area (Å²) in [7, 11) is 4.00. The fourth-order valence-electron chi connectivity index (χ4n) is 2.75. The van der Waals surface area contributed by atoms with E-state index < -0.39 is 0 Å². The van der Waals surface area contributed by atoms with E-state index in [1.165, 1.54) is 6.07 Å². The third kappa shape index (κ3) is 4.18. The average molecular weight is 352 g/mol. The second-order valence-corrected chi connectivity index (χ2v) is 6.33. The third-order valence-electron chi connectivity index (χ3n) is 4.01. The van der Waals surface area contributed by atoms with Crippen LogP contribution in [0.2, 0.25) is 0 Å². The van der Waals surface area contributed by atoms with Gasteiger partial charge in [-0.2, -0.15) is 0 Å². The summed E-state index contributed by atoms with van der Waals surface area (Å²) in [5.74, 6) is -0.215. The van der Waals surface area contributed by atoms with E-state index in [0.29, 0.717) is 17.9 Å². The number of nitrogens with one attached hydrogen (secondary N) is 1. The van der Waals surface area contributed by atoms with E-state index in [-0.39, 0.29) is 17.5 Å². The van der Waals surface area contributed by atoms with Gasteiger partial charge in [-0.15, -0.1) is 0 Å². The average Bonchev–Trinajstić information content (AvgIpc) is 3.10. The van der Waals surface area contributed by atoms with E-state index in [2.05, 4.69) is 10.2 Å². The minimum Gasteiger partial charge on any atom is -0.451 e. The molecule has 0 saturated carbocycles. The van der Waals surface area contributed by atoms with Crippen molar-refractivity contribution in [2.45, 2.75) is 13.1 Å². The second kappa shape index (κ2) is 7.97. The Morgan fingerprint density at radius 1 is 1.00 bits per heavy atom. The van der Waals surface area contributed by atoms with Crippen LogP contribution in [-0.4, -0.2) is 24.9 Å². The van der Waals surface area contributed by atoms with Crippen LogP contribution >= 0.6 is 0 Å². The number of amides is 1. The monoisotopic (exact) mass is 352 g/mol. The molecule has 3 aromatic rings. The SMILES string of the molecule is CN(C)Cc1ccccc1CNC(=O)c1ccc(-c2ccccc2F)o1. The van der Waals surface area contributed by atoms with Crippen molar-refractivity contribution < 1.29 is 13.6 Å². The summed E-state index contributed by atoms with van der Waals surface area (Å²) in [4.78, 5) is 14.4. The topological polar surface area (TPSA) is 45.5 Å². The van der Waals surface area contributed by atoms with Gasteiger partial charge in [-0.05, 0) is 49.5 Å². The smallest absolute Gasteiger partial charge is 0.287 e. The van der Waals surface area contributed by atoms with Crippen molar-refractivity contribution >= 4 is 5.91 Å². The summed E-state index contributed by atoms with van der Waals surface area (Å²) in [6, 6.07) is 17.4. The molecule has 134 valence electrons. The molecular formula is C21H21FN2O2. The first kappa shape index (κ1) is 17.9. The van der Waals surface area contributed by atoms with Crippen molar-refractivity contribution in [2.24, 2.45) is 0 Å². The molecule has 0 aliphatic heterocycles. The summed E-state index contributed by atoms with van der Waals surface area (Å²) in [5.41, 5.74) is 2.54. The van der Waals surface area contributed by atoms with Gasteiger partial charge in [0.1, 0.15) is 11.6 Å². The predicted octanol–water partition coefficient (Wildman–Crippen LogP) is 4.08. The second-order valence-electron chi connectivity index (χ2n) is 6.33. The molecule has 5 heteroatoms. The molecule has 2 aromatic carbocycles. The molecule has 0 atom stereocenters. The molecule has 0 spiro atoms. The maximum Gasteiger partial charge on any atom is 0.287 e. The van der Waals surface area contributed by atoms with Gasteiger partial charge in [-0.3, -0.25) is 4.79 Å². The van der Waals surface area contributed by atoms with Crippen LogP contribution in [0.5, 0.6) is 0 Å². The zero-order valence-corrected chi connectivity index (χ0v) is 14.8. The van der Waals surface area contributed by atoms with Gasteiger partial charge < -0.3 is 14.6 Å². The van der Waals surface area contributed by atoms with Crippen molar-refractivity contribution in [1.82, 2.24) is 10.2 Å². The fraction of sp³-hybridized carbons (Fsp3) is 0.190. The first-order valence-electron chi connectivity index (χ1n) is 8.39. The van der Waals surface area contributed by atoms with Crippen LogP contribution in [0.3, 0.4) is 0 Å². The Hall–Kier alpha value is -2.92. The fourth-order valence-corrected chi connectivity index (χ4v) is 2.75. The summed E-state index contributed by atoms with van der Waals surface area (Å²) < 4.78 is 19.4. The number of halogens is 1. The van der Waals surface area contributed by atoms with Crippen LogP contribution < -0.4 is 5.32 Å². The first-order chi connectivity index (χ1) is 12.5. The molecule has 0 radical (unpaired) electrons. The quantitative estimate of drug-likeness (QED) is 0.727. The van der Waals surface area contributed by atoms with Crippen LogP contribution in [0.4, 0.5) is 4.39 Å². The van der Waals surface area contributed by atoms with Crippen LogP contribution in [-0.2, 0) is 13.1 Å².